The lowest BCUT2D eigenvalue weighted by molar-refractivity contribution is 0.107. The molecule has 0 aromatic carbocycles. The minimum absolute atomic E-state index is 0. The van der Waals surface area contributed by atoms with E-state index in [1.54, 1.807) is 11.3 Å². The quantitative estimate of drug-likeness (QED) is 0.359. The molecule has 0 bridgehead atoms. The molecule has 2 N–H and O–H groups in total. The molecule has 2 heterocycles. The van der Waals surface area contributed by atoms with Gasteiger partial charge in [-0.3, -0.25) is 9.89 Å². The summed E-state index contributed by atoms with van der Waals surface area (Å²) in [4.78, 5) is 9.44. The second-order valence-electron chi connectivity index (χ2n) is 6.61. The normalized spacial score (nSPS) is 19.1. The molecule has 0 saturated carbocycles. The van der Waals surface area contributed by atoms with Gasteiger partial charge < -0.3 is 15.5 Å². The molecule has 0 amide bonds. The van der Waals surface area contributed by atoms with E-state index >= 15 is 0 Å². The maximum absolute atomic E-state index is 4.35. The predicted molar refractivity (Wildman–Crippen MR) is 121 cm³/mol. The van der Waals surface area contributed by atoms with E-state index in [1.165, 1.54) is 25.2 Å². The van der Waals surface area contributed by atoms with Crippen LogP contribution in [0.3, 0.4) is 0 Å². The van der Waals surface area contributed by atoms with Gasteiger partial charge in [-0.25, -0.2) is 0 Å². The highest BCUT2D eigenvalue weighted by Crippen LogP contribution is 2.16. The summed E-state index contributed by atoms with van der Waals surface area (Å²) in [7, 11) is 1.84. The molecular formula is C18H34IN5S. The molecule has 1 aromatic rings. The first-order chi connectivity index (χ1) is 11.6. The maximum atomic E-state index is 4.35. The van der Waals surface area contributed by atoms with E-state index in [0.29, 0.717) is 12.0 Å². The van der Waals surface area contributed by atoms with Crippen molar-refractivity contribution in [2.75, 3.05) is 52.9 Å². The summed E-state index contributed by atoms with van der Waals surface area (Å²) in [5, 5.41) is 11.3. The van der Waals surface area contributed by atoms with E-state index in [-0.39, 0.29) is 24.0 Å². The summed E-state index contributed by atoms with van der Waals surface area (Å²) in [6.45, 7) is 14.5. The first kappa shape index (κ1) is 22.7. The van der Waals surface area contributed by atoms with E-state index in [0.717, 1.165) is 32.1 Å². The zero-order valence-corrected chi connectivity index (χ0v) is 19.1. The topological polar surface area (TPSA) is 42.9 Å². The van der Waals surface area contributed by atoms with E-state index in [2.05, 4.69) is 63.0 Å². The van der Waals surface area contributed by atoms with Crippen LogP contribution in [-0.2, 0) is 0 Å². The second kappa shape index (κ2) is 12.1. The molecule has 2 rings (SSSR count). The van der Waals surface area contributed by atoms with Gasteiger partial charge in [0.25, 0.3) is 0 Å². The Morgan fingerprint density at radius 2 is 1.88 bits per heavy atom. The Labute approximate surface area is 174 Å². The average molecular weight is 479 g/mol. The molecule has 0 aliphatic carbocycles. The van der Waals surface area contributed by atoms with Crippen LogP contribution in [0.2, 0.25) is 0 Å². The standard InChI is InChI=1S/C18H33N5S.HI/c1-5-22-7-9-23(10-8-22)16(3)13-21-18(19-4)20-12-15(2)17-6-11-24-14-17;/h6,11,14-16H,5,7-10,12-13H2,1-4H3,(H2,19,20,21);1H. The summed E-state index contributed by atoms with van der Waals surface area (Å²) in [5.74, 6) is 1.39. The van der Waals surface area contributed by atoms with Crippen LogP contribution < -0.4 is 10.6 Å². The summed E-state index contributed by atoms with van der Waals surface area (Å²) < 4.78 is 0. The summed E-state index contributed by atoms with van der Waals surface area (Å²) >= 11 is 1.76. The molecule has 2 unspecified atom stereocenters. The fourth-order valence-corrected chi connectivity index (χ4v) is 3.82. The summed E-state index contributed by atoms with van der Waals surface area (Å²) in [5.41, 5.74) is 1.39. The van der Waals surface area contributed by atoms with Gasteiger partial charge in [0.2, 0.25) is 0 Å². The molecule has 1 aliphatic rings. The third-order valence-electron chi connectivity index (χ3n) is 4.95. The minimum atomic E-state index is 0. The molecule has 0 radical (unpaired) electrons. The van der Waals surface area contributed by atoms with Crippen molar-refractivity contribution in [2.45, 2.75) is 32.7 Å². The van der Waals surface area contributed by atoms with Crippen LogP contribution in [0.1, 0.15) is 32.3 Å². The smallest absolute Gasteiger partial charge is 0.191 e. The Kier molecular flexibility index (Phi) is 11.0. The van der Waals surface area contributed by atoms with Crippen LogP contribution in [0.25, 0.3) is 0 Å². The van der Waals surface area contributed by atoms with Crippen molar-refractivity contribution in [3.8, 4) is 0 Å². The molecular weight excluding hydrogens is 445 g/mol. The molecule has 1 saturated heterocycles. The Morgan fingerprint density at radius 1 is 1.20 bits per heavy atom. The molecule has 1 aromatic heterocycles. The molecule has 7 heteroatoms. The number of likely N-dealkylation sites (N-methyl/N-ethyl adjacent to an activating group) is 1. The molecule has 144 valence electrons. The highest BCUT2D eigenvalue weighted by molar-refractivity contribution is 14.0. The van der Waals surface area contributed by atoms with Gasteiger partial charge in [0.15, 0.2) is 5.96 Å². The van der Waals surface area contributed by atoms with E-state index in [9.17, 15) is 0 Å². The Balaban J connectivity index is 0.00000312. The van der Waals surface area contributed by atoms with E-state index in [4.69, 9.17) is 0 Å². The van der Waals surface area contributed by atoms with Gasteiger partial charge in [-0.15, -0.1) is 24.0 Å². The third-order valence-corrected chi connectivity index (χ3v) is 5.66. The van der Waals surface area contributed by atoms with Crippen molar-refractivity contribution in [3.63, 3.8) is 0 Å². The Bertz CT molecular complexity index is 486. The highest BCUT2D eigenvalue weighted by atomic mass is 127. The lowest BCUT2D eigenvalue weighted by Crippen LogP contribution is -2.53. The van der Waals surface area contributed by atoms with Gasteiger partial charge in [0.05, 0.1) is 0 Å². The molecule has 1 aliphatic heterocycles. The van der Waals surface area contributed by atoms with Crippen molar-refractivity contribution in [2.24, 2.45) is 4.99 Å². The van der Waals surface area contributed by atoms with Gasteiger partial charge in [-0.1, -0.05) is 13.8 Å². The number of rotatable bonds is 7. The number of aliphatic imine (C=N–C) groups is 1. The summed E-state index contributed by atoms with van der Waals surface area (Å²) in [6, 6.07) is 2.72. The minimum Gasteiger partial charge on any atom is -0.356 e. The van der Waals surface area contributed by atoms with Crippen molar-refractivity contribution in [1.29, 1.82) is 0 Å². The number of hydrogen-bond donors (Lipinski definition) is 2. The van der Waals surface area contributed by atoms with Crippen LogP contribution in [0.15, 0.2) is 21.8 Å². The lowest BCUT2D eigenvalue weighted by Gasteiger charge is -2.37. The Hall–Kier alpha value is -0.380. The third kappa shape index (κ3) is 7.40. The number of nitrogens with one attached hydrogen (secondary N) is 2. The van der Waals surface area contributed by atoms with Crippen molar-refractivity contribution in [3.05, 3.63) is 22.4 Å². The zero-order chi connectivity index (χ0) is 17.4. The van der Waals surface area contributed by atoms with Gasteiger partial charge in [0, 0.05) is 52.4 Å². The number of halogens is 1. The molecule has 0 spiro atoms. The molecule has 2 atom stereocenters. The highest BCUT2D eigenvalue weighted by Gasteiger charge is 2.20. The van der Waals surface area contributed by atoms with Crippen molar-refractivity contribution < 1.29 is 0 Å². The van der Waals surface area contributed by atoms with Gasteiger partial charge in [-0.2, -0.15) is 11.3 Å². The number of guanidine groups is 1. The number of hydrogen-bond acceptors (Lipinski definition) is 4. The Morgan fingerprint density at radius 3 is 2.44 bits per heavy atom. The molecule has 5 nitrogen and oxygen atoms in total. The van der Waals surface area contributed by atoms with Crippen molar-refractivity contribution in [1.82, 2.24) is 20.4 Å². The van der Waals surface area contributed by atoms with Crippen LogP contribution >= 0.6 is 35.3 Å². The fraction of sp³-hybridized carbons (Fsp3) is 0.722. The number of piperazine rings is 1. The average Bonchev–Trinajstić information content (AvgIpc) is 3.16. The number of thiophene rings is 1. The van der Waals surface area contributed by atoms with Gasteiger partial charge in [0.1, 0.15) is 0 Å². The van der Waals surface area contributed by atoms with Crippen LogP contribution in [-0.4, -0.2) is 74.7 Å². The first-order valence-electron chi connectivity index (χ1n) is 9.07. The fourth-order valence-electron chi connectivity index (χ4n) is 3.04. The molecule has 25 heavy (non-hydrogen) atoms. The van der Waals surface area contributed by atoms with Crippen LogP contribution in [0.5, 0.6) is 0 Å². The van der Waals surface area contributed by atoms with Crippen LogP contribution in [0.4, 0.5) is 0 Å². The van der Waals surface area contributed by atoms with Gasteiger partial charge >= 0.3 is 0 Å². The first-order valence-corrected chi connectivity index (χ1v) is 10.0. The van der Waals surface area contributed by atoms with Gasteiger partial charge in [-0.05, 0) is 41.8 Å². The van der Waals surface area contributed by atoms with E-state index in [1.807, 2.05) is 7.05 Å². The van der Waals surface area contributed by atoms with Crippen LogP contribution in [0, 0.1) is 0 Å². The SMILES string of the molecule is CCN1CCN(C(C)CNC(=NC)NCC(C)c2ccsc2)CC1.I. The largest absolute Gasteiger partial charge is 0.356 e. The lowest BCUT2D eigenvalue weighted by atomic mass is 10.1. The maximum Gasteiger partial charge on any atom is 0.191 e. The second-order valence-corrected chi connectivity index (χ2v) is 7.39. The monoisotopic (exact) mass is 479 g/mol. The summed E-state index contributed by atoms with van der Waals surface area (Å²) in [6.07, 6.45) is 0. The van der Waals surface area contributed by atoms with Crippen molar-refractivity contribution >= 4 is 41.3 Å². The number of nitrogens with zero attached hydrogens (tertiary/aromatic N) is 3. The molecule has 1 fully saturated rings. The predicted octanol–water partition coefficient (Wildman–Crippen LogP) is 2.66. The van der Waals surface area contributed by atoms with E-state index < -0.39 is 0 Å². The zero-order valence-electron chi connectivity index (χ0n) is 16.0.